The third-order valence-corrected chi connectivity index (χ3v) is 8.16. The Balaban J connectivity index is 1.50. The van der Waals surface area contributed by atoms with E-state index >= 15 is 0 Å². The second kappa shape index (κ2) is 9.78. The number of anilines is 4. The Morgan fingerprint density at radius 3 is 2.38 bits per heavy atom. The molecule has 1 aromatic carbocycles. The van der Waals surface area contributed by atoms with Crippen LogP contribution in [0.3, 0.4) is 0 Å². The Hall–Kier alpha value is -2.25. The summed E-state index contributed by atoms with van der Waals surface area (Å²) in [6.07, 6.45) is 13.3. The van der Waals surface area contributed by atoms with Crippen molar-refractivity contribution in [3.05, 3.63) is 28.4 Å². The van der Waals surface area contributed by atoms with Crippen LogP contribution in [0.15, 0.2) is 18.3 Å². The minimum Gasteiger partial charge on any atom is -0.505 e. The van der Waals surface area contributed by atoms with Crippen molar-refractivity contribution in [2.24, 2.45) is 5.92 Å². The van der Waals surface area contributed by atoms with Crippen molar-refractivity contribution in [3.63, 3.8) is 0 Å². The maximum absolute atomic E-state index is 13.6. The van der Waals surface area contributed by atoms with E-state index in [-0.39, 0.29) is 27.7 Å². The van der Waals surface area contributed by atoms with Crippen LogP contribution in [0, 0.1) is 5.92 Å². The number of nitrogens with one attached hydrogen (secondary N) is 1. The molecule has 2 N–H and O–H groups in total. The van der Waals surface area contributed by atoms with Gasteiger partial charge in [0.05, 0.1) is 16.2 Å². The summed E-state index contributed by atoms with van der Waals surface area (Å²) in [5.41, 5.74) is 1.32. The summed E-state index contributed by atoms with van der Waals surface area (Å²) >= 11 is 12.2. The van der Waals surface area contributed by atoms with Gasteiger partial charge in [0.1, 0.15) is 11.7 Å². The molecular formula is C25H31Cl2N5O2. The number of phenols is 1. The van der Waals surface area contributed by atoms with Crippen molar-refractivity contribution in [1.29, 1.82) is 0 Å². The fraction of sp³-hybridized carbons (Fsp3) is 0.560. The summed E-state index contributed by atoms with van der Waals surface area (Å²) < 4.78 is 0. The average molecular weight is 504 g/mol. The summed E-state index contributed by atoms with van der Waals surface area (Å²) in [7, 11) is 1.83. The Morgan fingerprint density at radius 2 is 1.71 bits per heavy atom. The number of hydrogen-bond acceptors (Lipinski definition) is 6. The van der Waals surface area contributed by atoms with Crippen molar-refractivity contribution in [3.8, 4) is 5.75 Å². The third kappa shape index (κ3) is 4.52. The number of carbonyl (C=O) groups is 1. The molecule has 1 amide bonds. The second-order valence-corrected chi connectivity index (χ2v) is 10.6. The van der Waals surface area contributed by atoms with Gasteiger partial charge in [0.15, 0.2) is 11.6 Å². The summed E-state index contributed by atoms with van der Waals surface area (Å²) in [6, 6.07) is 3.29. The molecule has 0 bridgehead atoms. The van der Waals surface area contributed by atoms with Crippen LogP contribution in [0.5, 0.6) is 5.75 Å². The monoisotopic (exact) mass is 503 g/mol. The van der Waals surface area contributed by atoms with Gasteiger partial charge in [-0.3, -0.25) is 4.79 Å². The number of nitrogens with zero attached hydrogens (tertiary/aromatic N) is 4. The molecule has 2 saturated carbocycles. The van der Waals surface area contributed by atoms with Crippen LogP contribution in [0.25, 0.3) is 0 Å². The van der Waals surface area contributed by atoms with E-state index in [2.05, 4.69) is 15.2 Å². The molecular weight excluding hydrogens is 473 g/mol. The fourth-order valence-electron chi connectivity index (χ4n) is 5.79. The number of hydrogen-bond donors (Lipinski definition) is 2. The number of aromatic nitrogens is 2. The first-order chi connectivity index (χ1) is 16.4. The summed E-state index contributed by atoms with van der Waals surface area (Å²) in [5.74, 6) is 1.79. The molecule has 2 aromatic rings. The van der Waals surface area contributed by atoms with Crippen LogP contribution in [-0.4, -0.2) is 40.1 Å². The van der Waals surface area contributed by atoms with E-state index < -0.39 is 0 Å². The summed E-state index contributed by atoms with van der Waals surface area (Å²) in [6.45, 7) is 0. The lowest BCUT2D eigenvalue weighted by atomic mass is 9.83. The zero-order valence-corrected chi connectivity index (χ0v) is 20.9. The molecule has 0 unspecified atom stereocenters. The molecule has 34 heavy (non-hydrogen) atoms. The molecule has 3 aliphatic rings. The molecule has 9 heteroatoms. The van der Waals surface area contributed by atoms with Gasteiger partial charge in [-0.05, 0) is 37.3 Å². The molecule has 1 aliphatic heterocycles. The molecule has 5 rings (SSSR count). The van der Waals surface area contributed by atoms with Crippen LogP contribution >= 0.6 is 23.2 Å². The van der Waals surface area contributed by atoms with Gasteiger partial charge < -0.3 is 20.2 Å². The van der Waals surface area contributed by atoms with E-state index in [1.807, 2.05) is 7.05 Å². The Bertz CT molecular complexity index is 1050. The molecule has 182 valence electrons. The van der Waals surface area contributed by atoms with Gasteiger partial charge in [-0.2, -0.15) is 4.98 Å². The lowest BCUT2D eigenvalue weighted by molar-refractivity contribution is -0.120. The zero-order chi connectivity index (χ0) is 23.8. The van der Waals surface area contributed by atoms with Gasteiger partial charge in [-0.25, -0.2) is 4.98 Å². The minimum absolute atomic E-state index is 0.145. The number of benzene rings is 1. The van der Waals surface area contributed by atoms with Crippen molar-refractivity contribution >= 4 is 52.3 Å². The molecule has 1 aromatic heterocycles. The maximum atomic E-state index is 13.6. The molecule has 7 nitrogen and oxygen atoms in total. The minimum atomic E-state index is -0.191. The highest BCUT2D eigenvalue weighted by atomic mass is 35.5. The van der Waals surface area contributed by atoms with E-state index in [1.165, 1.54) is 44.9 Å². The topological polar surface area (TPSA) is 81.6 Å². The summed E-state index contributed by atoms with van der Waals surface area (Å²) in [5, 5.41) is 13.3. The first kappa shape index (κ1) is 23.5. The number of fused-ring (bicyclic) bond motifs is 1. The molecule has 0 radical (unpaired) electrons. The molecule has 1 atom stereocenters. The van der Waals surface area contributed by atoms with Crippen LogP contribution in [-0.2, 0) is 4.79 Å². The zero-order valence-electron chi connectivity index (χ0n) is 19.4. The Kier molecular flexibility index (Phi) is 6.76. The molecule has 0 spiro atoms. The van der Waals surface area contributed by atoms with Crippen molar-refractivity contribution in [2.45, 2.75) is 76.3 Å². The molecule has 2 fully saturated rings. The number of amides is 1. The largest absolute Gasteiger partial charge is 0.505 e. The molecule has 0 saturated heterocycles. The van der Waals surface area contributed by atoms with Gasteiger partial charge in [-0.15, -0.1) is 0 Å². The maximum Gasteiger partial charge on any atom is 0.249 e. The quantitative estimate of drug-likeness (QED) is 0.466. The average Bonchev–Trinajstić information content (AvgIpc) is 3.36. The molecule has 2 heterocycles. The number of likely N-dealkylation sites (N-methyl/N-ethyl adjacent to an activating group) is 1. The van der Waals surface area contributed by atoms with E-state index in [4.69, 9.17) is 28.2 Å². The van der Waals surface area contributed by atoms with Crippen molar-refractivity contribution in [1.82, 2.24) is 9.97 Å². The SMILES string of the molecule is CN1C(=O)[C@@H](CC2CCCCC2)N(C2CCCC2)c2nc(Nc3cc(Cl)c(O)c(Cl)c3)ncc21. The highest BCUT2D eigenvalue weighted by Gasteiger charge is 2.43. The molecule has 2 aliphatic carbocycles. The van der Waals surface area contributed by atoms with Gasteiger partial charge in [0.25, 0.3) is 0 Å². The first-order valence-corrected chi connectivity index (χ1v) is 13.1. The Labute approximate surface area is 210 Å². The third-order valence-electron chi connectivity index (χ3n) is 7.58. The summed E-state index contributed by atoms with van der Waals surface area (Å²) in [4.78, 5) is 27.0. The second-order valence-electron chi connectivity index (χ2n) is 9.81. The van der Waals surface area contributed by atoms with Crippen LogP contribution in [0.1, 0.15) is 64.2 Å². The lowest BCUT2D eigenvalue weighted by Gasteiger charge is -2.45. The standard InChI is InChI=1S/C25H31Cl2N5O2/c1-31-21-14-28-25(29-16-12-18(26)22(33)19(27)13-16)30-23(21)32(17-9-5-6-10-17)20(24(31)34)11-15-7-3-2-4-8-15/h12-15,17,20,33H,2-11H2,1H3,(H,28,29,30)/t20-/m1/s1. The van der Waals surface area contributed by atoms with Crippen LogP contribution in [0.2, 0.25) is 10.0 Å². The normalized spacial score (nSPS) is 21.7. The van der Waals surface area contributed by atoms with E-state index in [9.17, 15) is 9.90 Å². The number of phenolic OH excluding ortho intramolecular Hbond substituents is 1. The predicted molar refractivity (Wildman–Crippen MR) is 137 cm³/mol. The van der Waals surface area contributed by atoms with Crippen molar-refractivity contribution in [2.75, 3.05) is 22.2 Å². The number of aromatic hydroxyl groups is 1. The smallest absolute Gasteiger partial charge is 0.249 e. The van der Waals surface area contributed by atoms with Crippen LogP contribution < -0.4 is 15.1 Å². The van der Waals surface area contributed by atoms with E-state index in [0.29, 0.717) is 23.6 Å². The van der Waals surface area contributed by atoms with E-state index in [0.717, 1.165) is 30.8 Å². The number of rotatable bonds is 5. The Morgan fingerprint density at radius 1 is 1.06 bits per heavy atom. The van der Waals surface area contributed by atoms with Gasteiger partial charge in [0, 0.05) is 18.8 Å². The first-order valence-electron chi connectivity index (χ1n) is 12.3. The van der Waals surface area contributed by atoms with Crippen LogP contribution in [0.4, 0.5) is 23.1 Å². The highest BCUT2D eigenvalue weighted by Crippen LogP contribution is 2.42. The lowest BCUT2D eigenvalue weighted by Crippen LogP contribution is -2.56. The van der Waals surface area contributed by atoms with Gasteiger partial charge >= 0.3 is 0 Å². The van der Waals surface area contributed by atoms with E-state index in [1.54, 1.807) is 23.2 Å². The number of halogens is 2. The fourth-order valence-corrected chi connectivity index (χ4v) is 6.28. The predicted octanol–water partition coefficient (Wildman–Crippen LogP) is 6.30. The highest BCUT2D eigenvalue weighted by molar-refractivity contribution is 6.37. The number of carbonyl (C=O) groups excluding carboxylic acids is 1. The van der Waals surface area contributed by atoms with Gasteiger partial charge in [-0.1, -0.05) is 68.1 Å². The van der Waals surface area contributed by atoms with Crippen molar-refractivity contribution < 1.29 is 9.90 Å². The van der Waals surface area contributed by atoms with Gasteiger partial charge in [0.2, 0.25) is 11.9 Å².